The summed E-state index contributed by atoms with van der Waals surface area (Å²) in [6, 6.07) is 6.95. The summed E-state index contributed by atoms with van der Waals surface area (Å²) in [5, 5.41) is 18.8. The molecule has 1 atom stereocenters. The Morgan fingerprint density at radius 2 is 1.93 bits per heavy atom. The number of aryl methyl sites for hydroxylation is 1. The van der Waals surface area contributed by atoms with Crippen LogP contribution in [-0.4, -0.2) is 32.4 Å². The number of hydrogen-bond donors (Lipinski definition) is 3. The summed E-state index contributed by atoms with van der Waals surface area (Å²) in [7, 11) is 1.65. The van der Waals surface area contributed by atoms with Crippen LogP contribution >= 0.6 is 0 Å². The molecule has 3 aromatic heterocycles. The Morgan fingerprint density at radius 1 is 1.15 bits per heavy atom. The molecule has 7 nitrogen and oxygen atoms in total. The fraction of sp³-hybridized carbons (Fsp3) is 0.150. The van der Waals surface area contributed by atoms with Crippen LogP contribution in [-0.2, 0) is 4.74 Å². The number of anilines is 1. The maximum Gasteiger partial charge on any atom is 0.160 e. The van der Waals surface area contributed by atoms with Gasteiger partial charge in [0.2, 0.25) is 0 Å². The van der Waals surface area contributed by atoms with Gasteiger partial charge in [-0.15, -0.1) is 5.10 Å². The molecule has 4 rings (SSSR count). The number of phenols is 1. The maximum atomic E-state index is 9.58. The molecule has 0 amide bonds. The molecular weight excluding hydrogens is 342 g/mol. The number of nitrogens with zero attached hydrogens (tertiary/aromatic N) is 3. The van der Waals surface area contributed by atoms with E-state index < -0.39 is 0 Å². The smallest absolute Gasteiger partial charge is 0.160 e. The summed E-state index contributed by atoms with van der Waals surface area (Å²) in [5.74, 6) is 0.208. The van der Waals surface area contributed by atoms with Gasteiger partial charge >= 0.3 is 0 Å². The number of methoxy groups -OCH3 is 1. The number of nitrogens with two attached hydrogens (primary N) is 1. The number of rotatable bonds is 4. The lowest BCUT2D eigenvalue weighted by atomic mass is 9.95. The van der Waals surface area contributed by atoms with Crippen molar-refractivity contribution in [1.29, 1.82) is 0 Å². The molecule has 3 heterocycles. The average molecular weight is 361 g/mol. The molecule has 0 saturated carbocycles. The third-order valence-electron chi connectivity index (χ3n) is 4.65. The van der Waals surface area contributed by atoms with E-state index in [4.69, 9.17) is 10.5 Å². The monoisotopic (exact) mass is 361 g/mol. The number of H-pyrrole nitrogens is 1. The van der Waals surface area contributed by atoms with Gasteiger partial charge in [-0.25, -0.2) is 0 Å². The van der Waals surface area contributed by atoms with Crippen LogP contribution in [0.15, 0.2) is 49.1 Å². The van der Waals surface area contributed by atoms with Crippen molar-refractivity contribution in [2.45, 2.75) is 13.0 Å². The first-order valence-electron chi connectivity index (χ1n) is 8.45. The van der Waals surface area contributed by atoms with Gasteiger partial charge in [-0.1, -0.05) is 12.1 Å². The highest BCUT2D eigenvalue weighted by Crippen LogP contribution is 2.39. The molecular formula is C20H19N5O2. The first kappa shape index (κ1) is 17.0. The van der Waals surface area contributed by atoms with Crippen molar-refractivity contribution < 1.29 is 9.84 Å². The minimum atomic E-state index is -0.342. The number of pyridine rings is 1. The third-order valence-corrected chi connectivity index (χ3v) is 4.65. The Kier molecular flexibility index (Phi) is 4.21. The van der Waals surface area contributed by atoms with Gasteiger partial charge in [0.15, 0.2) is 5.65 Å². The van der Waals surface area contributed by atoms with Crippen LogP contribution in [0.4, 0.5) is 5.69 Å². The second-order valence-electron chi connectivity index (χ2n) is 6.35. The number of aromatic nitrogens is 4. The molecule has 0 aliphatic carbocycles. The Labute approximate surface area is 155 Å². The lowest BCUT2D eigenvalue weighted by Gasteiger charge is -2.17. The molecule has 0 bridgehead atoms. The zero-order valence-electron chi connectivity index (χ0n) is 15.0. The largest absolute Gasteiger partial charge is 0.508 e. The van der Waals surface area contributed by atoms with E-state index in [0.29, 0.717) is 11.3 Å². The molecule has 136 valence electrons. The summed E-state index contributed by atoms with van der Waals surface area (Å²) < 4.78 is 5.79. The van der Waals surface area contributed by atoms with E-state index in [-0.39, 0.29) is 11.9 Å². The van der Waals surface area contributed by atoms with E-state index in [9.17, 15) is 5.11 Å². The van der Waals surface area contributed by atoms with Gasteiger partial charge in [0.1, 0.15) is 11.9 Å². The second-order valence-corrected chi connectivity index (χ2v) is 6.35. The van der Waals surface area contributed by atoms with Crippen LogP contribution in [0.1, 0.15) is 22.8 Å². The van der Waals surface area contributed by atoms with Crippen LogP contribution in [0.5, 0.6) is 5.75 Å². The van der Waals surface area contributed by atoms with Gasteiger partial charge in [-0.05, 0) is 30.2 Å². The number of nitrogens with one attached hydrogen (secondary N) is 1. The van der Waals surface area contributed by atoms with Crippen LogP contribution in [0.25, 0.3) is 22.2 Å². The first-order valence-corrected chi connectivity index (χ1v) is 8.45. The summed E-state index contributed by atoms with van der Waals surface area (Å²) >= 11 is 0. The average Bonchev–Trinajstić information content (AvgIpc) is 3.09. The Balaban J connectivity index is 1.96. The number of ether oxygens (including phenoxy) is 1. The maximum absolute atomic E-state index is 9.58. The summed E-state index contributed by atoms with van der Waals surface area (Å²) in [4.78, 5) is 7.32. The van der Waals surface area contributed by atoms with Crippen LogP contribution in [0.2, 0.25) is 0 Å². The number of fused-ring (bicyclic) bond motifs is 1. The Morgan fingerprint density at radius 3 is 2.63 bits per heavy atom. The molecule has 1 aromatic carbocycles. The molecule has 27 heavy (non-hydrogen) atoms. The number of aromatic hydroxyl groups is 1. The normalized spacial score (nSPS) is 12.4. The minimum absolute atomic E-state index is 0.208. The van der Waals surface area contributed by atoms with Crippen molar-refractivity contribution in [3.63, 3.8) is 0 Å². The van der Waals surface area contributed by atoms with Gasteiger partial charge in [0.25, 0.3) is 0 Å². The topological polar surface area (TPSA) is 110 Å². The lowest BCUT2D eigenvalue weighted by molar-refractivity contribution is 0.137. The van der Waals surface area contributed by atoms with Gasteiger partial charge in [0, 0.05) is 41.6 Å². The second kappa shape index (κ2) is 6.69. The van der Waals surface area contributed by atoms with Crippen molar-refractivity contribution in [3.05, 3.63) is 65.7 Å². The molecule has 0 aliphatic heterocycles. The van der Waals surface area contributed by atoms with Gasteiger partial charge in [0.05, 0.1) is 18.1 Å². The predicted molar refractivity (Wildman–Crippen MR) is 103 cm³/mol. The van der Waals surface area contributed by atoms with E-state index in [1.54, 1.807) is 37.8 Å². The van der Waals surface area contributed by atoms with Crippen molar-refractivity contribution in [2.24, 2.45) is 0 Å². The SMILES string of the molecule is COC(c1ccc(O)cc1)c1c[nH]c2nncc(-c3c(C)cncc3N)c12. The van der Waals surface area contributed by atoms with E-state index in [1.807, 2.05) is 25.3 Å². The van der Waals surface area contributed by atoms with E-state index in [2.05, 4.69) is 20.2 Å². The zero-order valence-corrected chi connectivity index (χ0v) is 15.0. The molecule has 1 unspecified atom stereocenters. The van der Waals surface area contributed by atoms with Crippen LogP contribution < -0.4 is 5.73 Å². The third kappa shape index (κ3) is 2.88. The van der Waals surface area contributed by atoms with Crippen LogP contribution in [0, 0.1) is 6.92 Å². The number of nitrogen functional groups attached to an aromatic ring is 1. The molecule has 4 N–H and O–H groups in total. The molecule has 0 aliphatic rings. The van der Waals surface area contributed by atoms with Crippen molar-refractivity contribution in [3.8, 4) is 16.9 Å². The Hall–Kier alpha value is -3.45. The zero-order chi connectivity index (χ0) is 19.0. The van der Waals surface area contributed by atoms with Gasteiger partial charge in [-0.2, -0.15) is 5.10 Å². The van der Waals surface area contributed by atoms with Crippen molar-refractivity contribution >= 4 is 16.7 Å². The van der Waals surface area contributed by atoms with E-state index in [1.165, 1.54) is 0 Å². The van der Waals surface area contributed by atoms with E-state index in [0.717, 1.165) is 33.2 Å². The highest BCUT2D eigenvalue weighted by molar-refractivity contribution is 5.99. The quantitative estimate of drug-likeness (QED) is 0.514. The number of aromatic amines is 1. The molecule has 4 aromatic rings. The highest BCUT2D eigenvalue weighted by Gasteiger charge is 2.22. The minimum Gasteiger partial charge on any atom is -0.508 e. The number of hydrogen-bond acceptors (Lipinski definition) is 6. The molecule has 0 spiro atoms. The first-order chi connectivity index (χ1) is 13.1. The molecule has 7 heteroatoms. The highest BCUT2D eigenvalue weighted by atomic mass is 16.5. The summed E-state index contributed by atoms with van der Waals surface area (Å²) in [6.45, 7) is 1.96. The fourth-order valence-corrected chi connectivity index (χ4v) is 3.44. The van der Waals surface area contributed by atoms with Crippen LogP contribution in [0.3, 0.4) is 0 Å². The summed E-state index contributed by atoms with van der Waals surface area (Å²) in [6.07, 6.45) is 6.65. The van der Waals surface area contributed by atoms with Crippen molar-refractivity contribution in [2.75, 3.05) is 12.8 Å². The predicted octanol–water partition coefficient (Wildman–Crippen LogP) is 3.35. The molecule has 0 radical (unpaired) electrons. The molecule has 0 saturated heterocycles. The number of benzene rings is 1. The van der Waals surface area contributed by atoms with E-state index >= 15 is 0 Å². The fourth-order valence-electron chi connectivity index (χ4n) is 3.44. The standard InChI is InChI=1S/C20H19N5O2/c1-11-7-22-10-16(21)17(11)14-9-24-25-20-18(14)15(8-23-20)19(27-2)12-3-5-13(26)6-4-12/h3-10,19,26H,21H2,1-2H3,(H,23,25). The number of phenolic OH excluding ortho intramolecular Hbond substituents is 1. The Bertz CT molecular complexity index is 1090. The summed E-state index contributed by atoms with van der Waals surface area (Å²) in [5.41, 5.74) is 12.0. The van der Waals surface area contributed by atoms with Gasteiger partial charge in [-0.3, -0.25) is 4.98 Å². The lowest BCUT2D eigenvalue weighted by Crippen LogP contribution is -2.04. The molecule has 0 fully saturated rings. The van der Waals surface area contributed by atoms with Gasteiger partial charge < -0.3 is 20.6 Å². The van der Waals surface area contributed by atoms with Crippen molar-refractivity contribution in [1.82, 2.24) is 20.2 Å².